The molecule has 0 N–H and O–H groups in total. The smallest absolute Gasteiger partial charge is 0.214 e. The molecule has 126 valence electrons. The van der Waals surface area contributed by atoms with Gasteiger partial charge in [0.15, 0.2) is 0 Å². The third-order valence-corrected chi connectivity index (χ3v) is 5.31. The number of carbonyl (C=O) groups excluding carboxylic acids is 2. The molecule has 0 fully saturated rings. The van der Waals surface area contributed by atoms with Gasteiger partial charge in [-0.3, -0.25) is 9.59 Å². The zero-order valence-corrected chi connectivity index (χ0v) is 14.3. The molecule has 0 saturated carbocycles. The van der Waals surface area contributed by atoms with Crippen LogP contribution in [-0.4, -0.2) is 21.1 Å². The predicted octanol–water partition coefficient (Wildman–Crippen LogP) is 3.68. The zero-order chi connectivity index (χ0) is 17.8. The number of aromatic nitrogens is 2. The maximum atomic E-state index is 12.9. The van der Waals surface area contributed by atoms with Crippen molar-refractivity contribution in [2.24, 2.45) is 7.05 Å². The average molecular weight is 340 g/mol. The Morgan fingerprint density at radius 1 is 0.885 bits per heavy atom. The Morgan fingerprint density at radius 2 is 1.54 bits per heavy atom. The molecule has 0 atom stereocenters. The number of imidazole rings is 1. The first-order chi connectivity index (χ1) is 12.6. The first kappa shape index (κ1) is 15.0. The van der Waals surface area contributed by atoms with Crippen molar-refractivity contribution in [3.8, 4) is 0 Å². The molecule has 4 nitrogen and oxygen atoms in total. The highest BCUT2D eigenvalue weighted by Crippen LogP contribution is 2.34. The molecular formula is C22H16N2O2. The number of aryl methyl sites for hydroxylation is 1. The zero-order valence-electron chi connectivity index (χ0n) is 14.3. The molecule has 0 spiro atoms. The Hall–Kier alpha value is -3.27. The van der Waals surface area contributed by atoms with Gasteiger partial charge in [-0.2, -0.15) is 0 Å². The third-order valence-electron chi connectivity index (χ3n) is 5.31. The van der Waals surface area contributed by atoms with Crippen LogP contribution in [0.3, 0.4) is 0 Å². The van der Waals surface area contributed by atoms with Crippen LogP contribution >= 0.6 is 0 Å². The van der Waals surface area contributed by atoms with Crippen LogP contribution in [0.2, 0.25) is 0 Å². The van der Waals surface area contributed by atoms with Crippen molar-refractivity contribution in [2.75, 3.05) is 0 Å². The number of hydrogen-bond acceptors (Lipinski definition) is 3. The van der Waals surface area contributed by atoms with Gasteiger partial charge >= 0.3 is 0 Å². The fourth-order valence-corrected chi connectivity index (χ4v) is 3.96. The Kier molecular flexibility index (Phi) is 3.10. The Morgan fingerprint density at radius 3 is 2.31 bits per heavy atom. The molecular weight excluding hydrogens is 324 g/mol. The van der Waals surface area contributed by atoms with Crippen molar-refractivity contribution < 1.29 is 9.59 Å². The van der Waals surface area contributed by atoms with Crippen molar-refractivity contribution >= 4 is 23.2 Å². The van der Waals surface area contributed by atoms with E-state index in [1.807, 2.05) is 12.1 Å². The van der Waals surface area contributed by atoms with Crippen LogP contribution in [0.4, 0.5) is 0 Å². The van der Waals surface area contributed by atoms with Crippen molar-refractivity contribution in [1.29, 1.82) is 0 Å². The predicted molar refractivity (Wildman–Crippen MR) is 99.1 cm³/mol. The summed E-state index contributed by atoms with van der Waals surface area (Å²) in [4.78, 5) is 30.2. The van der Waals surface area contributed by atoms with Crippen LogP contribution in [0.25, 0.3) is 11.6 Å². The Labute approximate surface area is 150 Å². The highest BCUT2D eigenvalue weighted by Gasteiger charge is 2.34. The number of hydrogen-bond donors (Lipinski definition) is 0. The van der Waals surface area contributed by atoms with Gasteiger partial charge in [0, 0.05) is 18.2 Å². The van der Waals surface area contributed by atoms with E-state index in [1.54, 1.807) is 35.9 Å². The second-order valence-electron chi connectivity index (χ2n) is 6.76. The van der Waals surface area contributed by atoms with E-state index in [4.69, 9.17) is 0 Å². The fraction of sp³-hybridized carbons (Fsp3) is 0.136. The van der Waals surface area contributed by atoms with Crippen LogP contribution in [0.1, 0.15) is 55.5 Å². The second-order valence-corrected chi connectivity index (χ2v) is 6.76. The van der Waals surface area contributed by atoms with Gasteiger partial charge in [0.25, 0.3) is 0 Å². The van der Waals surface area contributed by atoms with E-state index in [2.05, 4.69) is 23.2 Å². The monoisotopic (exact) mass is 340 g/mol. The van der Waals surface area contributed by atoms with Crippen LogP contribution in [-0.2, 0) is 13.5 Å². The lowest BCUT2D eigenvalue weighted by atomic mass is 9.90. The summed E-state index contributed by atoms with van der Waals surface area (Å²) in [7, 11) is 1.80. The van der Waals surface area contributed by atoms with Crippen molar-refractivity contribution in [3.63, 3.8) is 0 Å². The van der Waals surface area contributed by atoms with E-state index in [0.717, 1.165) is 12.8 Å². The van der Waals surface area contributed by atoms with Gasteiger partial charge < -0.3 is 4.57 Å². The van der Waals surface area contributed by atoms with Crippen molar-refractivity contribution in [2.45, 2.75) is 12.8 Å². The number of allylic oxidation sites excluding steroid dienone is 1. The van der Waals surface area contributed by atoms with Crippen LogP contribution in [0, 0.1) is 0 Å². The number of ketones is 2. The molecule has 3 aromatic rings. The lowest BCUT2D eigenvalue weighted by Crippen LogP contribution is -2.22. The third kappa shape index (κ3) is 1.99. The largest absolute Gasteiger partial charge is 0.324 e. The van der Waals surface area contributed by atoms with Gasteiger partial charge in [-0.25, -0.2) is 4.98 Å². The summed E-state index contributed by atoms with van der Waals surface area (Å²) >= 11 is 0. The molecule has 5 rings (SSSR count). The maximum absolute atomic E-state index is 12.9. The SMILES string of the molecule is Cn1c(/C=C2\CCc3ccccc32)nc2c1C(=O)c1ccccc1C2=O. The minimum atomic E-state index is -0.178. The molecule has 4 heteroatoms. The summed E-state index contributed by atoms with van der Waals surface area (Å²) in [6.45, 7) is 0. The minimum Gasteiger partial charge on any atom is -0.324 e. The average Bonchev–Trinajstić information content (AvgIpc) is 3.22. The molecule has 1 aromatic heterocycles. The molecule has 0 amide bonds. The lowest BCUT2D eigenvalue weighted by molar-refractivity contribution is 0.0971. The van der Waals surface area contributed by atoms with Gasteiger partial charge in [0.2, 0.25) is 11.6 Å². The molecule has 2 aliphatic carbocycles. The summed E-state index contributed by atoms with van der Waals surface area (Å²) in [5.74, 6) is 0.333. The molecule has 26 heavy (non-hydrogen) atoms. The number of fused-ring (bicyclic) bond motifs is 3. The molecule has 0 saturated heterocycles. The van der Waals surface area contributed by atoms with E-state index in [9.17, 15) is 9.59 Å². The van der Waals surface area contributed by atoms with E-state index >= 15 is 0 Å². The topological polar surface area (TPSA) is 52.0 Å². The number of nitrogens with zero attached hydrogens (tertiary/aromatic N) is 2. The van der Waals surface area contributed by atoms with E-state index in [1.165, 1.54) is 16.7 Å². The lowest BCUT2D eigenvalue weighted by Gasteiger charge is -2.14. The molecule has 0 unspecified atom stereocenters. The highest BCUT2D eigenvalue weighted by atomic mass is 16.1. The van der Waals surface area contributed by atoms with Gasteiger partial charge in [0.1, 0.15) is 17.2 Å². The molecule has 1 heterocycles. The molecule has 0 aliphatic heterocycles. The van der Waals surface area contributed by atoms with Crippen LogP contribution in [0.5, 0.6) is 0 Å². The summed E-state index contributed by atoms with van der Waals surface area (Å²) in [5, 5.41) is 0. The van der Waals surface area contributed by atoms with Gasteiger partial charge in [0.05, 0.1) is 0 Å². The van der Waals surface area contributed by atoms with Gasteiger partial charge in [-0.1, -0.05) is 48.5 Å². The summed E-state index contributed by atoms with van der Waals surface area (Å²) in [5.41, 5.74) is 5.29. The Bertz CT molecular complexity index is 1130. The highest BCUT2D eigenvalue weighted by molar-refractivity contribution is 6.27. The van der Waals surface area contributed by atoms with Crippen LogP contribution in [0.15, 0.2) is 48.5 Å². The van der Waals surface area contributed by atoms with Crippen molar-refractivity contribution in [1.82, 2.24) is 9.55 Å². The minimum absolute atomic E-state index is 0.137. The first-order valence-corrected chi connectivity index (χ1v) is 8.69. The van der Waals surface area contributed by atoms with E-state index in [-0.39, 0.29) is 17.3 Å². The molecule has 0 radical (unpaired) electrons. The van der Waals surface area contributed by atoms with Gasteiger partial charge in [-0.05, 0) is 35.6 Å². The molecule has 2 aliphatic rings. The first-order valence-electron chi connectivity index (χ1n) is 8.69. The normalized spacial score (nSPS) is 16.6. The number of carbonyl (C=O) groups is 2. The van der Waals surface area contributed by atoms with Gasteiger partial charge in [-0.15, -0.1) is 0 Å². The summed E-state index contributed by atoms with van der Waals surface area (Å²) in [6, 6.07) is 15.3. The number of rotatable bonds is 1. The molecule has 0 bridgehead atoms. The quantitative estimate of drug-likeness (QED) is 0.531. The maximum Gasteiger partial charge on any atom is 0.214 e. The van der Waals surface area contributed by atoms with Crippen molar-refractivity contribution in [3.05, 3.63) is 88.0 Å². The van der Waals surface area contributed by atoms with E-state index < -0.39 is 0 Å². The Balaban J connectivity index is 1.66. The second kappa shape index (κ2) is 5.36. The summed E-state index contributed by atoms with van der Waals surface area (Å²) < 4.78 is 1.75. The number of benzene rings is 2. The summed E-state index contributed by atoms with van der Waals surface area (Å²) in [6.07, 6.45) is 3.96. The van der Waals surface area contributed by atoms with Crippen LogP contribution < -0.4 is 0 Å². The van der Waals surface area contributed by atoms with E-state index in [0.29, 0.717) is 22.6 Å². The molecule has 2 aromatic carbocycles. The standard InChI is InChI=1S/C22H16N2O2/c1-24-18(12-14-11-10-13-6-2-3-7-15(13)14)23-19-20(24)22(26)17-9-5-4-8-16(17)21(19)25/h2-9,12H,10-11H2,1H3/b14-12+. The fourth-order valence-electron chi connectivity index (χ4n) is 3.96.